The molecule has 7 heteroatoms. The maximum atomic E-state index is 9.18. The second kappa shape index (κ2) is 6.52. The number of nitrogens with two attached hydrogens (primary N) is 1. The summed E-state index contributed by atoms with van der Waals surface area (Å²) in [6.45, 7) is 0. The van der Waals surface area contributed by atoms with Gasteiger partial charge in [-0.05, 0) is 17.7 Å². The van der Waals surface area contributed by atoms with E-state index in [0.29, 0.717) is 6.42 Å². The predicted octanol–water partition coefficient (Wildman–Crippen LogP) is 0.531. The van der Waals surface area contributed by atoms with Crippen LogP contribution in [0.15, 0.2) is 23.3 Å². The van der Waals surface area contributed by atoms with Gasteiger partial charge in [0, 0.05) is 12.6 Å². The second-order valence-corrected chi connectivity index (χ2v) is 2.86. The zero-order valence-corrected chi connectivity index (χ0v) is 9.16. The number of nitrogens with one attached hydrogen (secondary N) is 2. The van der Waals surface area contributed by atoms with E-state index < -0.39 is 0 Å². The standard InChI is InChI=1S/C9H12N4O2.ClH/c10-9(11)13-12-4-3-6-1-2-7(14)8(15)5-6;/h1-2,4-5,14-15H,3H2,(H4,10,11,13);1H. The summed E-state index contributed by atoms with van der Waals surface area (Å²) in [5.74, 6) is -0.558. The number of aromatic hydroxyl groups is 2. The van der Waals surface area contributed by atoms with E-state index in [9.17, 15) is 5.11 Å². The number of hydrogen-bond acceptors (Lipinski definition) is 4. The number of nitrogens with zero attached hydrogens (tertiary/aromatic N) is 1. The summed E-state index contributed by atoms with van der Waals surface area (Å²) in [6, 6.07) is 4.50. The molecule has 16 heavy (non-hydrogen) atoms. The molecule has 0 saturated carbocycles. The molecule has 0 atom stereocenters. The molecule has 0 spiro atoms. The smallest absolute Gasteiger partial charge is 0.206 e. The first-order chi connectivity index (χ1) is 7.09. The van der Waals surface area contributed by atoms with Gasteiger partial charge in [0.05, 0.1) is 0 Å². The number of halogens is 1. The van der Waals surface area contributed by atoms with Crippen LogP contribution in [0.3, 0.4) is 0 Å². The Bertz CT molecular complexity index is 395. The molecule has 1 rings (SSSR count). The first-order valence-electron chi connectivity index (χ1n) is 4.22. The lowest BCUT2D eigenvalue weighted by Crippen LogP contribution is -2.25. The highest BCUT2D eigenvalue weighted by Crippen LogP contribution is 2.24. The molecule has 0 bridgehead atoms. The molecule has 6 nitrogen and oxygen atoms in total. The molecule has 0 saturated heterocycles. The number of benzene rings is 1. The highest BCUT2D eigenvalue weighted by Gasteiger charge is 1.98. The minimum absolute atomic E-state index is 0. The van der Waals surface area contributed by atoms with Crippen molar-refractivity contribution >= 4 is 24.6 Å². The lowest BCUT2D eigenvalue weighted by molar-refractivity contribution is 0.403. The Kier molecular flexibility index (Phi) is 5.72. The van der Waals surface area contributed by atoms with Crippen LogP contribution in [0, 0.1) is 5.41 Å². The Morgan fingerprint density at radius 3 is 2.69 bits per heavy atom. The van der Waals surface area contributed by atoms with Gasteiger partial charge < -0.3 is 15.9 Å². The van der Waals surface area contributed by atoms with Gasteiger partial charge in [0.15, 0.2) is 11.5 Å². The third-order valence-electron chi connectivity index (χ3n) is 1.64. The molecule has 0 aliphatic rings. The molecular formula is C9H13ClN4O2. The zero-order valence-electron chi connectivity index (χ0n) is 8.34. The van der Waals surface area contributed by atoms with Gasteiger partial charge in [-0.3, -0.25) is 5.41 Å². The lowest BCUT2D eigenvalue weighted by Gasteiger charge is -2.00. The topological polar surface area (TPSA) is 115 Å². The molecule has 0 aromatic heterocycles. The van der Waals surface area contributed by atoms with Crippen LogP contribution in [0.4, 0.5) is 0 Å². The van der Waals surface area contributed by atoms with Crippen LogP contribution >= 0.6 is 12.4 Å². The molecule has 6 N–H and O–H groups in total. The summed E-state index contributed by atoms with van der Waals surface area (Å²) in [7, 11) is 0. The van der Waals surface area contributed by atoms with Crippen molar-refractivity contribution in [3.05, 3.63) is 23.8 Å². The van der Waals surface area contributed by atoms with Gasteiger partial charge in [-0.1, -0.05) is 6.07 Å². The summed E-state index contributed by atoms with van der Waals surface area (Å²) in [5, 5.41) is 28.7. The Morgan fingerprint density at radius 2 is 2.12 bits per heavy atom. The van der Waals surface area contributed by atoms with E-state index >= 15 is 0 Å². The molecular weight excluding hydrogens is 232 g/mol. The van der Waals surface area contributed by atoms with Gasteiger partial charge >= 0.3 is 0 Å². The van der Waals surface area contributed by atoms with Crippen LogP contribution in [-0.4, -0.2) is 22.4 Å². The van der Waals surface area contributed by atoms with Crippen molar-refractivity contribution in [1.29, 1.82) is 5.41 Å². The van der Waals surface area contributed by atoms with Crippen LogP contribution < -0.4 is 11.2 Å². The van der Waals surface area contributed by atoms with E-state index in [1.54, 1.807) is 6.07 Å². The predicted molar refractivity (Wildman–Crippen MR) is 64.3 cm³/mol. The van der Waals surface area contributed by atoms with Crippen LogP contribution in [0.25, 0.3) is 0 Å². The quantitative estimate of drug-likeness (QED) is 0.231. The van der Waals surface area contributed by atoms with Gasteiger partial charge in [0.2, 0.25) is 5.96 Å². The van der Waals surface area contributed by atoms with Gasteiger partial charge in [0.25, 0.3) is 0 Å². The largest absolute Gasteiger partial charge is 0.504 e. The molecule has 1 aromatic rings. The number of hydrazone groups is 1. The fourth-order valence-corrected chi connectivity index (χ4v) is 0.962. The number of phenols is 2. The van der Waals surface area contributed by atoms with Crippen molar-refractivity contribution in [3.63, 3.8) is 0 Å². The van der Waals surface area contributed by atoms with Gasteiger partial charge in [-0.25, -0.2) is 5.43 Å². The molecule has 0 aliphatic heterocycles. The fourth-order valence-electron chi connectivity index (χ4n) is 0.962. The first kappa shape index (κ1) is 14.1. The van der Waals surface area contributed by atoms with Crippen molar-refractivity contribution in [2.24, 2.45) is 10.8 Å². The number of phenolic OH excluding ortho intramolecular Hbond substituents is 2. The molecule has 0 fully saturated rings. The van der Waals surface area contributed by atoms with Crippen molar-refractivity contribution in [1.82, 2.24) is 5.43 Å². The van der Waals surface area contributed by atoms with Crippen LogP contribution in [0.1, 0.15) is 5.56 Å². The minimum atomic E-state index is -0.236. The SMILES string of the molecule is Cl.N=C(N)NN=CCc1ccc(O)c(O)c1. The summed E-state index contributed by atoms with van der Waals surface area (Å²) < 4.78 is 0. The van der Waals surface area contributed by atoms with Gasteiger partial charge in [0.1, 0.15) is 0 Å². The maximum Gasteiger partial charge on any atom is 0.206 e. The maximum absolute atomic E-state index is 9.18. The van der Waals surface area contributed by atoms with Crippen LogP contribution in [0.2, 0.25) is 0 Å². The van der Waals surface area contributed by atoms with E-state index in [0.717, 1.165) is 5.56 Å². The van der Waals surface area contributed by atoms with Crippen molar-refractivity contribution < 1.29 is 10.2 Å². The average molecular weight is 245 g/mol. The minimum Gasteiger partial charge on any atom is -0.504 e. The molecule has 1 aromatic carbocycles. The number of hydrogen-bond donors (Lipinski definition) is 5. The van der Waals surface area contributed by atoms with Crippen LogP contribution in [-0.2, 0) is 6.42 Å². The summed E-state index contributed by atoms with van der Waals surface area (Å²) in [6.07, 6.45) is 1.97. The van der Waals surface area contributed by atoms with Crippen molar-refractivity contribution in [3.8, 4) is 11.5 Å². The number of guanidine groups is 1. The first-order valence-corrected chi connectivity index (χ1v) is 4.22. The van der Waals surface area contributed by atoms with Gasteiger partial charge in [-0.2, -0.15) is 5.10 Å². The molecule has 0 heterocycles. The normalized spacial score (nSPS) is 9.75. The van der Waals surface area contributed by atoms with E-state index in [1.165, 1.54) is 18.3 Å². The molecule has 88 valence electrons. The Balaban J connectivity index is 0.00000225. The summed E-state index contributed by atoms with van der Waals surface area (Å²) in [5.41, 5.74) is 8.05. The third kappa shape index (κ3) is 4.52. The third-order valence-corrected chi connectivity index (χ3v) is 1.64. The van der Waals surface area contributed by atoms with Crippen LogP contribution in [0.5, 0.6) is 11.5 Å². The van der Waals surface area contributed by atoms with Crippen molar-refractivity contribution in [2.75, 3.05) is 0 Å². The van der Waals surface area contributed by atoms with Crippen molar-refractivity contribution in [2.45, 2.75) is 6.42 Å². The highest BCUT2D eigenvalue weighted by atomic mass is 35.5. The lowest BCUT2D eigenvalue weighted by atomic mass is 10.1. The number of rotatable bonds is 3. The van der Waals surface area contributed by atoms with E-state index in [2.05, 4.69) is 10.5 Å². The molecule has 0 aliphatic carbocycles. The second-order valence-electron chi connectivity index (χ2n) is 2.86. The molecule has 0 unspecified atom stereocenters. The summed E-state index contributed by atoms with van der Waals surface area (Å²) >= 11 is 0. The Labute approximate surface area is 98.7 Å². The molecule has 0 radical (unpaired) electrons. The molecule has 0 amide bonds. The van der Waals surface area contributed by atoms with Gasteiger partial charge in [-0.15, -0.1) is 12.4 Å². The Morgan fingerprint density at radius 1 is 1.44 bits per heavy atom. The average Bonchev–Trinajstić information content (AvgIpc) is 2.18. The highest BCUT2D eigenvalue weighted by molar-refractivity contribution is 5.85. The Hall–Kier alpha value is -1.95. The van der Waals surface area contributed by atoms with E-state index in [4.69, 9.17) is 16.2 Å². The van der Waals surface area contributed by atoms with E-state index in [1.807, 2.05) is 0 Å². The monoisotopic (exact) mass is 244 g/mol. The zero-order chi connectivity index (χ0) is 11.3. The summed E-state index contributed by atoms with van der Waals surface area (Å²) in [4.78, 5) is 0. The van der Waals surface area contributed by atoms with E-state index in [-0.39, 0.29) is 29.9 Å². The fraction of sp³-hybridized carbons (Fsp3) is 0.111.